The first-order chi connectivity index (χ1) is 18.6. The molecule has 0 spiro atoms. The molecule has 0 bridgehead atoms. The van der Waals surface area contributed by atoms with Crippen LogP contribution in [0.4, 0.5) is 5.69 Å². The number of likely N-dealkylation sites (tertiary alicyclic amines) is 1. The predicted octanol–water partition coefficient (Wildman–Crippen LogP) is 4.56. The Labute approximate surface area is 230 Å². The van der Waals surface area contributed by atoms with Crippen molar-refractivity contribution in [2.24, 2.45) is 5.73 Å². The zero-order valence-corrected chi connectivity index (χ0v) is 23.3. The van der Waals surface area contributed by atoms with Crippen molar-refractivity contribution in [3.05, 3.63) is 75.6 Å². The number of hydrogen-bond acceptors (Lipinski definition) is 9. The van der Waals surface area contributed by atoms with Crippen molar-refractivity contribution < 1.29 is 9.47 Å². The van der Waals surface area contributed by atoms with Crippen LogP contribution in [0, 0.1) is 37.5 Å². The fourth-order valence-electron chi connectivity index (χ4n) is 5.06. The Morgan fingerprint density at radius 3 is 2.49 bits per heavy atom. The quantitative estimate of drug-likeness (QED) is 0.219. The molecule has 0 saturated carbocycles. The Hall–Kier alpha value is -4.00. The van der Waals surface area contributed by atoms with Crippen LogP contribution < -0.4 is 20.9 Å². The van der Waals surface area contributed by atoms with Crippen LogP contribution in [0.15, 0.2) is 36.5 Å². The predicted molar refractivity (Wildman–Crippen MR) is 152 cm³/mol. The lowest BCUT2D eigenvalue weighted by Crippen LogP contribution is -2.41. The molecule has 3 aromatic rings. The second kappa shape index (κ2) is 11.8. The van der Waals surface area contributed by atoms with Crippen molar-refractivity contribution in [1.29, 1.82) is 10.7 Å². The van der Waals surface area contributed by atoms with E-state index in [1.165, 1.54) is 0 Å². The van der Waals surface area contributed by atoms with E-state index < -0.39 is 6.23 Å². The molecule has 0 unspecified atom stereocenters. The Morgan fingerprint density at radius 2 is 1.85 bits per heavy atom. The van der Waals surface area contributed by atoms with Crippen LogP contribution in [0.25, 0.3) is 0 Å². The number of anilines is 1. The average molecular weight is 528 g/mol. The fourth-order valence-corrected chi connectivity index (χ4v) is 5.06. The smallest absolute Gasteiger partial charge is 0.176 e. The number of nitrogens with one attached hydrogen (secondary N) is 1. The van der Waals surface area contributed by atoms with Gasteiger partial charge in [-0.1, -0.05) is 0 Å². The van der Waals surface area contributed by atoms with E-state index in [4.69, 9.17) is 26.4 Å². The second-order valence-corrected chi connectivity index (χ2v) is 10.4. The van der Waals surface area contributed by atoms with Crippen LogP contribution in [-0.4, -0.2) is 46.0 Å². The van der Waals surface area contributed by atoms with Gasteiger partial charge in [-0.05, 0) is 88.9 Å². The minimum Gasteiger partial charge on any atom is -0.489 e. The first-order valence-corrected chi connectivity index (χ1v) is 13.2. The zero-order chi connectivity index (χ0) is 28.3. The van der Waals surface area contributed by atoms with Gasteiger partial charge < -0.3 is 20.1 Å². The maximum absolute atomic E-state index is 9.94. The summed E-state index contributed by atoms with van der Waals surface area (Å²) in [5.74, 6) is 1.06. The lowest BCUT2D eigenvalue weighted by molar-refractivity contribution is 0.0836. The summed E-state index contributed by atoms with van der Waals surface area (Å²) < 4.78 is 12.4. The van der Waals surface area contributed by atoms with Gasteiger partial charge in [-0.3, -0.25) is 11.1 Å². The van der Waals surface area contributed by atoms with E-state index >= 15 is 0 Å². The first-order valence-electron chi connectivity index (χ1n) is 13.2. The molecule has 1 fully saturated rings. The molecule has 2 aromatic carbocycles. The fraction of sp³-hybridized carbons (Fsp3) is 0.400. The van der Waals surface area contributed by atoms with E-state index in [0.717, 1.165) is 42.6 Å². The molecule has 1 saturated heterocycles. The van der Waals surface area contributed by atoms with E-state index in [9.17, 15) is 5.26 Å². The number of nitrogen functional groups attached to an aromatic ring is 1. The molecule has 2 heterocycles. The molecule has 9 heteroatoms. The van der Waals surface area contributed by atoms with E-state index in [-0.39, 0.29) is 11.8 Å². The third kappa shape index (κ3) is 6.19. The average Bonchev–Trinajstić information content (AvgIpc) is 2.90. The van der Waals surface area contributed by atoms with Gasteiger partial charge >= 0.3 is 0 Å². The van der Waals surface area contributed by atoms with E-state index in [1.807, 2.05) is 26.8 Å². The van der Waals surface area contributed by atoms with Gasteiger partial charge in [0, 0.05) is 41.5 Å². The lowest BCUT2D eigenvalue weighted by Gasteiger charge is -2.35. The lowest BCUT2D eigenvalue weighted by atomic mass is 9.96. The molecule has 1 aliphatic heterocycles. The molecule has 204 valence electrons. The molecule has 5 N–H and O–H groups in total. The third-order valence-corrected chi connectivity index (χ3v) is 7.29. The van der Waals surface area contributed by atoms with Crippen molar-refractivity contribution in [2.45, 2.75) is 65.8 Å². The summed E-state index contributed by atoms with van der Waals surface area (Å²) in [6.07, 6.45) is 2.78. The van der Waals surface area contributed by atoms with Crippen molar-refractivity contribution in [3.63, 3.8) is 0 Å². The van der Waals surface area contributed by atoms with Crippen LogP contribution in [0.1, 0.15) is 72.0 Å². The summed E-state index contributed by atoms with van der Waals surface area (Å²) in [4.78, 5) is 2.44. The van der Waals surface area contributed by atoms with Gasteiger partial charge in [0.2, 0.25) is 0 Å². The Bertz CT molecular complexity index is 1380. The summed E-state index contributed by atoms with van der Waals surface area (Å²) in [6, 6.07) is 11.5. The normalized spacial score (nSPS) is 15.1. The summed E-state index contributed by atoms with van der Waals surface area (Å²) in [7, 11) is 0. The SMILES string of the molecule is Cc1cc(C(=N)c2cc(O[C@H](N)c3c(C)cnnc3C)ccc2N)cc(C#N)c1OC1CCN(C(C)C)CC1. The minimum absolute atomic E-state index is 0.0626. The first kappa shape index (κ1) is 28.0. The summed E-state index contributed by atoms with van der Waals surface area (Å²) in [5, 5.41) is 26.9. The van der Waals surface area contributed by atoms with Crippen LogP contribution in [0.5, 0.6) is 11.5 Å². The van der Waals surface area contributed by atoms with Gasteiger partial charge in [-0.25, -0.2) is 0 Å². The molecular formula is C30H37N7O2. The number of aryl methyl sites for hydroxylation is 3. The molecule has 0 aliphatic carbocycles. The van der Waals surface area contributed by atoms with Crippen molar-refractivity contribution in [3.8, 4) is 17.6 Å². The summed E-state index contributed by atoms with van der Waals surface area (Å²) in [5.41, 5.74) is 17.8. The summed E-state index contributed by atoms with van der Waals surface area (Å²) in [6.45, 7) is 12.0. The van der Waals surface area contributed by atoms with Crippen LogP contribution >= 0.6 is 0 Å². The standard InChI is InChI=1S/C30H37N7O2/c1-17(2)37-10-8-23(9-11-37)38-29-18(3)12-21(13-22(29)15-31)28(33)25-14-24(6-7-26(25)32)39-30(34)27-19(4)16-35-36-20(27)5/h6-7,12-14,16-17,23,30,33H,8-11,32,34H2,1-5H3/t30-/m0/s1. The number of aromatic nitrogens is 2. The van der Waals surface area contributed by atoms with Crippen LogP contribution in [-0.2, 0) is 0 Å². The highest BCUT2D eigenvalue weighted by atomic mass is 16.5. The molecule has 9 nitrogen and oxygen atoms in total. The summed E-state index contributed by atoms with van der Waals surface area (Å²) >= 11 is 0. The topological polar surface area (TPSA) is 147 Å². The van der Waals surface area contributed by atoms with Gasteiger partial charge in [0.25, 0.3) is 0 Å². The molecule has 1 aromatic heterocycles. The number of rotatable bonds is 8. The maximum Gasteiger partial charge on any atom is 0.176 e. The van der Waals surface area contributed by atoms with Gasteiger partial charge in [0.1, 0.15) is 23.7 Å². The number of nitriles is 1. The Kier molecular flexibility index (Phi) is 8.48. The van der Waals surface area contributed by atoms with Gasteiger partial charge in [-0.2, -0.15) is 15.5 Å². The molecular weight excluding hydrogens is 490 g/mol. The molecule has 1 atom stereocenters. The molecule has 39 heavy (non-hydrogen) atoms. The minimum atomic E-state index is -0.762. The number of hydrogen-bond donors (Lipinski definition) is 3. The number of benzene rings is 2. The number of nitrogens with two attached hydrogens (primary N) is 2. The number of piperidine rings is 1. The molecule has 0 radical (unpaired) electrons. The van der Waals surface area contributed by atoms with Gasteiger partial charge in [-0.15, -0.1) is 0 Å². The Morgan fingerprint density at radius 1 is 1.13 bits per heavy atom. The maximum atomic E-state index is 9.94. The van der Waals surface area contributed by atoms with E-state index in [0.29, 0.717) is 45.6 Å². The third-order valence-electron chi connectivity index (χ3n) is 7.29. The van der Waals surface area contributed by atoms with Crippen LogP contribution in [0.3, 0.4) is 0 Å². The second-order valence-electron chi connectivity index (χ2n) is 10.4. The Balaban J connectivity index is 1.55. The highest BCUT2D eigenvalue weighted by molar-refractivity contribution is 6.14. The monoisotopic (exact) mass is 527 g/mol. The highest BCUT2D eigenvalue weighted by Crippen LogP contribution is 2.31. The van der Waals surface area contributed by atoms with Crippen molar-refractivity contribution in [1.82, 2.24) is 15.1 Å². The van der Waals surface area contributed by atoms with Crippen LogP contribution in [0.2, 0.25) is 0 Å². The van der Waals surface area contributed by atoms with Gasteiger partial charge in [0.15, 0.2) is 6.23 Å². The number of nitrogens with zero attached hydrogens (tertiary/aromatic N) is 4. The largest absolute Gasteiger partial charge is 0.489 e. The molecule has 1 aliphatic rings. The number of ether oxygens (including phenoxy) is 2. The molecule has 4 rings (SSSR count). The van der Waals surface area contributed by atoms with Crippen molar-refractivity contribution >= 4 is 11.4 Å². The zero-order valence-electron chi connectivity index (χ0n) is 23.3. The van der Waals surface area contributed by atoms with Crippen molar-refractivity contribution in [2.75, 3.05) is 18.8 Å². The molecule has 0 amide bonds. The highest BCUT2D eigenvalue weighted by Gasteiger charge is 2.24. The van der Waals surface area contributed by atoms with E-state index in [2.05, 4.69) is 35.0 Å². The van der Waals surface area contributed by atoms with Gasteiger partial charge in [0.05, 0.1) is 23.2 Å². The van der Waals surface area contributed by atoms with E-state index in [1.54, 1.807) is 30.5 Å².